The predicted octanol–water partition coefficient (Wildman–Crippen LogP) is 3.26. The molecule has 1 N–H and O–H groups in total. The van der Waals surface area contributed by atoms with Gasteiger partial charge in [-0.1, -0.05) is 40.9 Å². The van der Waals surface area contributed by atoms with E-state index in [4.69, 9.17) is 0 Å². The van der Waals surface area contributed by atoms with Crippen molar-refractivity contribution in [1.82, 2.24) is 4.90 Å². The number of carbonyl (C=O) groups is 1. The Labute approximate surface area is 134 Å². The SMILES string of the molecule is O=C(CN1CCC2(O)CCCCC2C1)c1ccc(Br)cc1. The molecule has 0 spiro atoms. The average Bonchev–Trinajstić information content (AvgIpc) is 2.48. The van der Waals surface area contributed by atoms with Crippen LogP contribution in [0.2, 0.25) is 0 Å². The molecule has 2 aliphatic rings. The molecular weight excluding hydrogens is 330 g/mol. The van der Waals surface area contributed by atoms with Crippen molar-refractivity contribution in [3.8, 4) is 0 Å². The molecule has 2 atom stereocenters. The van der Waals surface area contributed by atoms with Crippen LogP contribution in [0.5, 0.6) is 0 Å². The second-order valence-electron chi connectivity index (χ2n) is 6.46. The standard InChI is InChI=1S/C17H22BrNO2/c18-15-6-4-13(5-7-15)16(20)12-19-10-9-17(21)8-2-1-3-14(17)11-19/h4-7,14,21H,1-3,8-12H2. The molecular formula is C17H22BrNO2. The third kappa shape index (κ3) is 3.38. The van der Waals surface area contributed by atoms with Gasteiger partial charge in [-0.05, 0) is 31.4 Å². The summed E-state index contributed by atoms with van der Waals surface area (Å²) in [6.45, 7) is 2.16. The maximum absolute atomic E-state index is 12.3. The lowest BCUT2D eigenvalue weighted by Gasteiger charge is -2.47. The number of likely N-dealkylation sites (tertiary alicyclic amines) is 1. The van der Waals surface area contributed by atoms with Crippen LogP contribution in [0.15, 0.2) is 28.7 Å². The molecule has 1 saturated carbocycles. The highest BCUT2D eigenvalue weighted by Gasteiger charge is 2.42. The van der Waals surface area contributed by atoms with Crippen molar-refractivity contribution in [2.45, 2.75) is 37.7 Å². The van der Waals surface area contributed by atoms with Crippen LogP contribution in [0.3, 0.4) is 0 Å². The summed E-state index contributed by atoms with van der Waals surface area (Å²) in [6, 6.07) is 7.55. The number of carbonyl (C=O) groups excluding carboxylic acids is 1. The van der Waals surface area contributed by atoms with Crippen LogP contribution in [-0.2, 0) is 0 Å². The van der Waals surface area contributed by atoms with Crippen molar-refractivity contribution in [2.24, 2.45) is 5.92 Å². The van der Waals surface area contributed by atoms with Crippen molar-refractivity contribution in [2.75, 3.05) is 19.6 Å². The van der Waals surface area contributed by atoms with Crippen LogP contribution in [0.1, 0.15) is 42.5 Å². The van der Waals surface area contributed by atoms with E-state index in [-0.39, 0.29) is 5.78 Å². The lowest BCUT2D eigenvalue weighted by molar-refractivity contribution is -0.0936. The molecule has 2 unspecified atom stereocenters. The Balaban J connectivity index is 1.61. The Hall–Kier alpha value is -0.710. The van der Waals surface area contributed by atoms with Crippen LogP contribution in [0, 0.1) is 5.92 Å². The van der Waals surface area contributed by atoms with Gasteiger partial charge >= 0.3 is 0 Å². The van der Waals surface area contributed by atoms with Crippen LogP contribution in [0.25, 0.3) is 0 Å². The van der Waals surface area contributed by atoms with E-state index < -0.39 is 5.60 Å². The van der Waals surface area contributed by atoms with Gasteiger partial charge in [0.25, 0.3) is 0 Å². The number of piperidine rings is 1. The molecule has 0 radical (unpaired) electrons. The predicted molar refractivity (Wildman–Crippen MR) is 86.4 cm³/mol. The summed E-state index contributed by atoms with van der Waals surface area (Å²) in [4.78, 5) is 14.6. The molecule has 1 aromatic carbocycles. The zero-order valence-electron chi connectivity index (χ0n) is 12.2. The summed E-state index contributed by atoms with van der Waals surface area (Å²) in [5.74, 6) is 0.515. The van der Waals surface area contributed by atoms with E-state index in [1.165, 1.54) is 6.42 Å². The van der Waals surface area contributed by atoms with Gasteiger partial charge in [0.05, 0.1) is 12.1 Å². The van der Waals surface area contributed by atoms with Crippen molar-refractivity contribution in [1.29, 1.82) is 0 Å². The molecule has 2 fully saturated rings. The van der Waals surface area contributed by atoms with Gasteiger partial charge in [-0.25, -0.2) is 0 Å². The smallest absolute Gasteiger partial charge is 0.176 e. The second-order valence-corrected chi connectivity index (χ2v) is 7.38. The fourth-order valence-corrected chi connectivity index (χ4v) is 3.98. The Morgan fingerprint density at radius 1 is 1.29 bits per heavy atom. The zero-order chi connectivity index (χ0) is 14.9. The Morgan fingerprint density at radius 3 is 2.81 bits per heavy atom. The highest BCUT2D eigenvalue weighted by Crippen LogP contribution is 2.39. The molecule has 114 valence electrons. The molecule has 0 amide bonds. The number of rotatable bonds is 3. The first kappa shape index (κ1) is 15.2. The monoisotopic (exact) mass is 351 g/mol. The molecule has 1 heterocycles. The van der Waals surface area contributed by atoms with E-state index in [2.05, 4.69) is 20.8 Å². The lowest BCUT2D eigenvalue weighted by atomic mass is 9.71. The normalized spacial score (nSPS) is 29.9. The highest BCUT2D eigenvalue weighted by atomic mass is 79.9. The quantitative estimate of drug-likeness (QED) is 0.849. The van der Waals surface area contributed by atoms with Gasteiger partial charge in [0.2, 0.25) is 0 Å². The van der Waals surface area contributed by atoms with Gasteiger partial charge in [0, 0.05) is 29.0 Å². The second kappa shape index (κ2) is 6.19. The zero-order valence-corrected chi connectivity index (χ0v) is 13.8. The van der Waals surface area contributed by atoms with Crippen LogP contribution in [-0.4, -0.2) is 41.0 Å². The highest BCUT2D eigenvalue weighted by molar-refractivity contribution is 9.10. The molecule has 1 saturated heterocycles. The van der Waals surface area contributed by atoms with E-state index in [0.29, 0.717) is 12.5 Å². The number of halogens is 1. The Morgan fingerprint density at radius 2 is 2.05 bits per heavy atom. The average molecular weight is 352 g/mol. The topological polar surface area (TPSA) is 40.5 Å². The van der Waals surface area contributed by atoms with Crippen molar-refractivity contribution >= 4 is 21.7 Å². The van der Waals surface area contributed by atoms with Crippen LogP contribution >= 0.6 is 15.9 Å². The van der Waals surface area contributed by atoms with E-state index in [0.717, 1.165) is 48.8 Å². The Bertz CT molecular complexity index is 516. The molecule has 1 aromatic rings. The molecule has 0 aromatic heterocycles. The molecule has 21 heavy (non-hydrogen) atoms. The van der Waals surface area contributed by atoms with Crippen molar-refractivity contribution < 1.29 is 9.90 Å². The fraction of sp³-hybridized carbons (Fsp3) is 0.588. The first-order chi connectivity index (χ1) is 10.1. The van der Waals surface area contributed by atoms with Gasteiger partial charge in [0.1, 0.15) is 0 Å². The van der Waals surface area contributed by atoms with Crippen molar-refractivity contribution in [3.63, 3.8) is 0 Å². The maximum atomic E-state index is 12.3. The maximum Gasteiger partial charge on any atom is 0.176 e. The van der Waals surface area contributed by atoms with Crippen LogP contribution in [0.4, 0.5) is 0 Å². The van der Waals surface area contributed by atoms with Crippen molar-refractivity contribution in [3.05, 3.63) is 34.3 Å². The summed E-state index contributed by atoms with van der Waals surface area (Å²) >= 11 is 3.39. The summed E-state index contributed by atoms with van der Waals surface area (Å²) < 4.78 is 0.990. The largest absolute Gasteiger partial charge is 0.390 e. The van der Waals surface area contributed by atoms with Crippen LogP contribution < -0.4 is 0 Å². The molecule has 1 aliphatic heterocycles. The number of aliphatic hydroxyl groups is 1. The molecule has 4 heteroatoms. The minimum Gasteiger partial charge on any atom is -0.390 e. The van der Waals surface area contributed by atoms with Gasteiger partial charge in [-0.3, -0.25) is 9.69 Å². The van der Waals surface area contributed by atoms with E-state index >= 15 is 0 Å². The van der Waals surface area contributed by atoms with E-state index in [1.807, 2.05) is 24.3 Å². The molecule has 1 aliphatic carbocycles. The summed E-state index contributed by atoms with van der Waals surface area (Å²) in [7, 11) is 0. The number of fused-ring (bicyclic) bond motifs is 1. The minimum absolute atomic E-state index is 0.170. The van der Waals surface area contributed by atoms with E-state index in [9.17, 15) is 9.90 Å². The number of hydrogen-bond acceptors (Lipinski definition) is 3. The molecule has 0 bridgehead atoms. The van der Waals surface area contributed by atoms with Gasteiger partial charge in [-0.2, -0.15) is 0 Å². The van der Waals surface area contributed by atoms with E-state index in [1.54, 1.807) is 0 Å². The lowest BCUT2D eigenvalue weighted by Crippen LogP contribution is -2.54. The number of hydrogen-bond donors (Lipinski definition) is 1. The first-order valence-corrected chi connectivity index (χ1v) is 8.60. The van der Waals surface area contributed by atoms with Gasteiger partial charge in [-0.15, -0.1) is 0 Å². The third-order valence-electron chi connectivity index (χ3n) is 5.05. The number of Topliss-reactive ketones (excluding diaryl/α,β-unsaturated/α-hetero) is 1. The summed E-state index contributed by atoms with van der Waals surface area (Å²) in [6.07, 6.45) is 5.20. The number of nitrogens with zero attached hydrogens (tertiary/aromatic N) is 1. The van der Waals surface area contributed by atoms with Gasteiger partial charge < -0.3 is 5.11 Å². The van der Waals surface area contributed by atoms with Gasteiger partial charge in [0.15, 0.2) is 5.78 Å². The minimum atomic E-state index is -0.463. The third-order valence-corrected chi connectivity index (χ3v) is 5.57. The summed E-state index contributed by atoms with van der Waals surface area (Å²) in [5, 5.41) is 10.7. The number of ketones is 1. The summed E-state index contributed by atoms with van der Waals surface area (Å²) in [5.41, 5.74) is 0.303. The molecule has 3 nitrogen and oxygen atoms in total. The first-order valence-electron chi connectivity index (χ1n) is 7.80. The number of benzene rings is 1. The Kier molecular flexibility index (Phi) is 4.48. The fourth-order valence-electron chi connectivity index (χ4n) is 3.71. The molecule has 3 rings (SSSR count).